The Morgan fingerprint density at radius 2 is 1.86 bits per heavy atom. The fourth-order valence-corrected chi connectivity index (χ4v) is 2.79. The van der Waals surface area contributed by atoms with E-state index in [-0.39, 0.29) is 0 Å². The molecule has 0 N–H and O–H groups in total. The number of thioether (sulfide) groups is 1. The summed E-state index contributed by atoms with van der Waals surface area (Å²) in [7, 11) is 0. The van der Waals surface area contributed by atoms with E-state index >= 15 is 0 Å². The van der Waals surface area contributed by atoms with Crippen molar-refractivity contribution in [2.24, 2.45) is 0 Å². The lowest BCUT2D eigenvalue weighted by atomic mass is 10.2. The first kappa shape index (κ1) is 13.8. The predicted molar refractivity (Wildman–Crippen MR) is 79.4 cm³/mol. The lowest BCUT2D eigenvalue weighted by molar-refractivity contribution is 0.387. The van der Waals surface area contributed by atoms with Crippen molar-refractivity contribution in [3.05, 3.63) is 47.4 Å². The van der Waals surface area contributed by atoms with Crippen LogP contribution in [-0.2, 0) is 5.75 Å². The summed E-state index contributed by atoms with van der Waals surface area (Å²) < 4.78 is 7.14. The van der Waals surface area contributed by atoms with E-state index in [1.54, 1.807) is 6.92 Å². The van der Waals surface area contributed by atoms with Crippen LogP contribution in [0, 0.1) is 20.8 Å². The number of nitrogens with zero attached hydrogens (tertiary/aromatic N) is 5. The molecule has 0 amide bonds. The van der Waals surface area contributed by atoms with Gasteiger partial charge >= 0.3 is 0 Å². The van der Waals surface area contributed by atoms with E-state index in [0.29, 0.717) is 17.5 Å². The second-order valence-corrected chi connectivity index (χ2v) is 5.67. The highest BCUT2D eigenvalue weighted by Crippen LogP contribution is 2.24. The number of aryl methyl sites for hydroxylation is 3. The van der Waals surface area contributed by atoms with Crippen LogP contribution in [0.15, 0.2) is 33.9 Å². The Kier molecular flexibility index (Phi) is 3.74. The average molecular weight is 301 g/mol. The van der Waals surface area contributed by atoms with Gasteiger partial charge in [-0.1, -0.05) is 34.6 Å². The van der Waals surface area contributed by atoms with Crippen LogP contribution in [0.25, 0.3) is 5.69 Å². The van der Waals surface area contributed by atoms with Gasteiger partial charge in [0.1, 0.15) is 5.82 Å². The van der Waals surface area contributed by atoms with Crippen molar-refractivity contribution in [3.8, 4) is 5.69 Å². The summed E-state index contributed by atoms with van der Waals surface area (Å²) in [5, 5.41) is 13.0. The van der Waals surface area contributed by atoms with E-state index in [4.69, 9.17) is 4.52 Å². The second-order valence-electron chi connectivity index (χ2n) is 4.72. The van der Waals surface area contributed by atoms with Gasteiger partial charge in [-0.3, -0.25) is 4.57 Å². The normalized spacial score (nSPS) is 11.0. The van der Waals surface area contributed by atoms with Gasteiger partial charge < -0.3 is 4.52 Å². The second kappa shape index (κ2) is 5.69. The van der Waals surface area contributed by atoms with Gasteiger partial charge in [-0.25, -0.2) is 0 Å². The number of hydrogen-bond donors (Lipinski definition) is 0. The van der Waals surface area contributed by atoms with Gasteiger partial charge in [-0.15, -0.1) is 10.2 Å². The van der Waals surface area contributed by atoms with Gasteiger partial charge in [0.05, 0.1) is 5.75 Å². The topological polar surface area (TPSA) is 69.6 Å². The third kappa shape index (κ3) is 2.97. The van der Waals surface area contributed by atoms with E-state index in [1.807, 2.05) is 11.5 Å². The Morgan fingerprint density at radius 1 is 1.10 bits per heavy atom. The Hall–Kier alpha value is -2.15. The smallest absolute Gasteiger partial charge is 0.237 e. The predicted octanol–water partition coefficient (Wildman–Crippen LogP) is 2.87. The highest BCUT2D eigenvalue weighted by Gasteiger charge is 2.13. The highest BCUT2D eigenvalue weighted by atomic mass is 32.2. The molecule has 0 saturated carbocycles. The summed E-state index contributed by atoms with van der Waals surface area (Å²) in [6, 6.07) is 8.27. The molecule has 3 rings (SSSR count). The molecule has 108 valence electrons. The van der Waals surface area contributed by atoms with E-state index in [1.165, 1.54) is 17.3 Å². The van der Waals surface area contributed by atoms with Crippen molar-refractivity contribution in [1.29, 1.82) is 0 Å². The Morgan fingerprint density at radius 3 is 2.52 bits per heavy atom. The minimum atomic E-state index is 0.574. The molecule has 2 aromatic heterocycles. The molecule has 0 spiro atoms. The standard InChI is InChI=1S/C14H15N5OS/c1-9-4-6-12(7-5-9)19-11(3)16-17-14(19)21-8-13-15-10(2)18-20-13/h4-7H,8H2,1-3H3. The van der Waals surface area contributed by atoms with E-state index in [2.05, 4.69) is 51.5 Å². The molecule has 0 aliphatic carbocycles. The molecular formula is C14H15N5OS. The maximum atomic E-state index is 5.11. The Bertz CT molecular complexity index is 747. The van der Waals surface area contributed by atoms with Gasteiger partial charge in [0, 0.05) is 5.69 Å². The Balaban J connectivity index is 1.84. The van der Waals surface area contributed by atoms with Crippen LogP contribution in [0.4, 0.5) is 0 Å². The molecule has 7 heteroatoms. The lowest BCUT2D eigenvalue weighted by Crippen LogP contribution is -1.99. The molecule has 0 bridgehead atoms. The van der Waals surface area contributed by atoms with Crippen LogP contribution in [0.2, 0.25) is 0 Å². The monoisotopic (exact) mass is 301 g/mol. The number of hydrogen-bond acceptors (Lipinski definition) is 6. The summed E-state index contributed by atoms with van der Waals surface area (Å²) in [5.74, 6) is 2.66. The third-order valence-corrected chi connectivity index (χ3v) is 3.90. The van der Waals surface area contributed by atoms with Gasteiger partial charge in [-0.05, 0) is 32.9 Å². The van der Waals surface area contributed by atoms with E-state index in [9.17, 15) is 0 Å². The summed E-state index contributed by atoms with van der Waals surface area (Å²) in [6.45, 7) is 5.81. The summed E-state index contributed by atoms with van der Waals surface area (Å²) in [5.41, 5.74) is 2.27. The van der Waals surface area contributed by atoms with Crippen molar-refractivity contribution in [3.63, 3.8) is 0 Å². The van der Waals surface area contributed by atoms with Crippen molar-refractivity contribution >= 4 is 11.8 Å². The van der Waals surface area contributed by atoms with Crippen molar-refractivity contribution < 1.29 is 4.52 Å². The first-order chi connectivity index (χ1) is 10.1. The zero-order valence-electron chi connectivity index (χ0n) is 12.1. The molecular weight excluding hydrogens is 286 g/mol. The van der Waals surface area contributed by atoms with Crippen LogP contribution in [0.1, 0.15) is 23.1 Å². The molecule has 21 heavy (non-hydrogen) atoms. The van der Waals surface area contributed by atoms with Crippen LogP contribution < -0.4 is 0 Å². The third-order valence-electron chi connectivity index (χ3n) is 2.98. The fraction of sp³-hybridized carbons (Fsp3) is 0.286. The molecule has 2 heterocycles. The molecule has 0 aliphatic heterocycles. The zero-order chi connectivity index (χ0) is 14.8. The molecule has 0 radical (unpaired) electrons. The summed E-state index contributed by atoms with van der Waals surface area (Å²) in [6.07, 6.45) is 0. The van der Waals surface area contributed by atoms with Crippen LogP contribution in [-0.4, -0.2) is 24.9 Å². The number of rotatable bonds is 4. The minimum absolute atomic E-state index is 0.574. The molecule has 0 saturated heterocycles. The van der Waals surface area contributed by atoms with Gasteiger partial charge in [0.25, 0.3) is 0 Å². The van der Waals surface area contributed by atoms with Crippen LogP contribution in [0.3, 0.4) is 0 Å². The minimum Gasteiger partial charge on any atom is -0.338 e. The van der Waals surface area contributed by atoms with Gasteiger partial charge in [0.15, 0.2) is 11.0 Å². The van der Waals surface area contributed by atoms with Crippen molar-refractivity contribution in [2.75, 3.05) is 0 Å². The number of aromatic nitrogens is 5. The van der Waals surface area contributed by atoms with Crippen molar-refractivity contribution in [2.45, 2.75) is 31.7 Å². The zero-order valence-corrected chi connectivity index (χ0v) is 12.9. The molecule has 6 nitrogen and oxygen atoms in total. The van der Waals surface area contributed by atoms with Crippen molar-refractivity contribution in [1.82, 2.24) is 24.9 Å². The van der Waals surface area contributed by atoms with Crippen LogP contribution >= 0.6 is 11.8 Å². The maximum absolute atomic E-state index is 5.11. The fourth-order valence-electron chi connectivity index (χ4n) is 1.95. The summed E-state index contributed by atoms with van der Waals surface area (Å²) >= 11 is 1.53. The maximum Gasteiger partial charge on any atom is 0.237 e. The van der Waals surface area contributed by atoms with E-state index < -0.39 is 0 Å². The molecule has 3 aromatic rings. The molecule has 1 aromatic carbocycles. The highest BCUT2D eigenvalue weighted by molar-refractivity contribution is 7.98. The quantitative estimate of drug-likeness (QED) is 0.690. The largest absolute Gasteiger partial charge is 0.338 e. The first-order valence-corrected chi connectivity index (χ1v) is 7.53. The van der Waals surface area contributed by atoms with Crippen LogP contribution in [0.5, 0.6) is 0 Å². The van der Waals surface area contributed by atoms with E-state index in [0.717, 1.165) is 16.7 Å². The Labute approximate surface area is 126 Å². The van der Waals surface area contributed by atoms with Gasteiger partial charge in [-0.2, -0.15) is 4.98 Å². The SMILES string of the molecule is Cc1ccc(-n2c(C)nnc2SCc2nc(C)no2)cc1. The average Bonchev–Trinajstić information content (AvgIpc) is 3.04. The number of benzene rings is 1. The molecule has 0 unspecified atom stereocenters. The summed E-state index contributed by atoms with van der Waals surface area (Å²) in [4.78, 5) is 4.19. The van der Waals surface area contributed by atoms with Gasteiger partial charge in [0.2, 0.25) is 5.89 Å². The molecule has 0 fully saturated rings. The lowest BCUT2D eigenvalue weighted by Gasteiger charge is -2.07. The first-order valence-electron chi connectivity index (χ1n) is 6.54. The molecule has 0 aliphatic rings. The molecule has 0 atom stereocenters.